The van der Waals surface area contributed by atoms with Crippen LogP contribution in [0.1, 0.15) is 28.8 Å². The molecule has 2 aromatic carbocycles. The summed E-state index contributed by atoms with van der Waals surface area (Å²) < 4.78 is 40.2. The standard InChI is InChI=1S/C21H20F3N3O4/c22-21(23,24)31-17-9-3-14(4-10-17)12-25-18(28)13-26-20(30)15-5-7-16(8-6-15)27-11-1-2-19(27)29/h3-10H,1-2,11-13H2,(H,25,28)(H,26,30). The Hall–Kier alpha value is -3.56. The van der Waals surface area contributed by atoms with Crippen molar-refractivity contribution in [2.45, 2.75) is 25.7 Å². The van der Waals surface area contributed by atoms with Gasteiger partial charge >= 0.3 is 6.36 Å². The third kappa shape index (κ3) is 6.46. The molecule has 0 aliphatic carbocycles. The molecular weight excluding hydrogens is 415 g/mol. The van der Waals surface area contributed by atoms with E-state index in [9.17, 15) is 27.6 Å². The van der Waals surface area contributed by atoms with Crippen LogP contribution in [0.5, 0.6) is 5.75 Å². The van der Waals surface area contributed by atoms with Gasteiger partial charge in [-0.05, 0) is 48.4 Å². The number of nitrogens with one attached hydrogen (secondary N) is 2. The average molecular weight is 435 g/mol. The molecule has 10 heteroatoms. The van der Waals surface area contributed by atoms with Crippen LogP contribution < -0.4 is 20.3 Å². The van der Waals surface area contributed by atoms with E-state index in [-0.39, 0.29) is 24.7 Å². The number of amides is 3. The van der Waals surface area contributed by atoms with E-state index in [0.717, 1.165) is 24.2 Å². The molecule has 1 aliphatic rings. The topological polar surface area (TPSA) is 87.7 Å². The van der Waals surface area contributed by atoms with Crippen LogP contribution in [0.2, 0.25) is 0 Å². The van der Waals surface area contributed by atoms with Gasteiger partial charge in [-0.25, -0.2) is 0 Å². The van der Waals surface area contributed by atoms with Crippen molar-refractivity contribution in [1.29, 1.82) is 0 Å². The van der Waals surface area contributed by atoms with Crippen LogP contribution in [0, 0.1) is 0 Å². The smallest absolute Gasteiger partial charge is 0.406 e. The second kappa shape index (κ2) is 9.50. The van der Waals surface area contributed by atoms with E-state index in [4.69, 9.17) is 0 Å². The van der Waals surface area contributed by atoms with E-state index < -0.39 is 18.2 Å². The molecule has 0 radical (unpaired) electrons. The zero-order valence-corrected chi connectivity index (χ0v) is 16.4. The Morgan fingerprint density at radius 2 is 1.68 bits per heavy atom. The lowest BCUT2D eigenvalue weighted by Gasteiger charge is -2.15. The van der Waals surface area contributed by atoms with Crippen LogP contribution in [0.4, 0.5) is 18.9 Å². The molecule has 7 nitrogen and oxygen atoms in total. The molecule has 1 fully saturated rings. The maximum Gasteiger partial charge on any atom is 0.573 e. The number of hydrogen-bond acceptors (Lipinski definition) is 4. The summed E-state index contributed by atoms with van der Waals surface area (Å²) in [6.07, 6.45) is -3.44. The monoisotopic (exact) mass is 435 g/mol. The van der Waals surface area contributed by atoms with Gasteiger partial charge in [0, 0.05) is 30.8 Å². The summed E-state index contributed by atoms with van der Waals surface area (Å²) in [4.78, 5) is 37.5. The first-order valence-electron chi connectivity index (χ1n) is 9.51. The number of ether oxygens (including phenoxy) is 1. The van der Waals surface area contributed by atoms with Gasteiger partial charge in [-0.2, -0.15) is 0 Å². The normalized spacial score (nSPS) is 13.8. The lowest BCUT2D eigenvalue weighted by Crippen LogP contribution is -2.36. The van der Waals surface area contributed by atoms with E-state index in [2.05, 4.69) is 15.4 Å². The highest BCUT2D eigenvalue weighted by molar-refractivity contribution is 5.98. The molecule has 1 saturated heterocycles. The lowest BCUT2D eigenvalue weighted by atomic mass is 10.2. The Morgan fingerprint density at radius 3 is 2.26 bits per heavy atom. The van der Waals surface area contributed by atoms with Gasteiger partial charge in [-0.3, -0.25) is 14.4 Å². The van der Waals surface area contributed by atoms with Gasteiger partial charge in [-0.1, -0.05) is 12.1 Å². The van der Waals surface area contributed by atoms with E-state index in [1.54, 1.807) is 29.2 Å². The highest BCUT2D eigenvalue weighted by atomic mass is 19.4. The molecule has 0 unspecified atom stereocenters. The summed E-state index contributed by atoms with van der Waals surface area (Å²) in [5.74, 6) is -1.20. The summed E-state index contributed by atoms with van der Waals surface area (Å²) in [6.45, 7) is 0.475. The fraction of sp³-hybridized carbons (Fsp3) is 0.286. The molecular formula is C21H20F3N3O4. The number of benzene rings is 2. The minimum Gasteiger partial charge on any atom is -0.406 e. The summed E-state index contributed by atoms with van der Waals surface area (Å²) in [7, 11) is 0. The molecule has 0 bridgehead atoms. The van der Waals surface area contributed by atoms with Gasteiger partial charge < -0.3 is 20.3 Å². The van der Waals surface area contributed by atoms with Crippen molar-refractivity contribution in [1.82, 2.24) is 10.6 Å². The maximum absolute atomic E-state index is 12.2. The zero-order chi connectivity index (χ0) is 22.4. The third-order valence-electron chi connectivity index (χ3n) is 4.57. The molecule has 3 amide bonds. The Morgan fingerprint density at radius 1 is 1.00 bits per heavy atom. The van der Waals surface area contributed by atoms with Crippen LogP contribution in [0.3, 0.4) is 0 Å². The lowest BCUT2D eigenvalue weighted by molar-refractivity contribution is -0.274. The summed E-state index contributed by atoms with van der Waals surface area (Å²) >= 11 is 0. The number of anilines is 1. The van der Waals surface area contributed by atoms with Gasteiger partial charge in [0.1, 0.15) is 5.75 Å². The number of rotatable bonds is 7. The SMILES string of the molecule is O=C(CNC(=O)c1ccc(N2CCCC2=O)cc1)NCc1ccc(OC(F)(F)F)cc1. The van der Waals surface area contributed by atoms with E-state index >= 15 is 0 Å². The molecule has 31 heavy (non-hydrogen) atoms. The molecule has 0 atom stereocenters. The summed E-state index contributed by atoms with van der Waals surface area (Å²) in [6, 6.07) is 11.6. The van der Waals surface area contributed by atoms with Crippen molar-refractivity contribution in [3.63, 3.8) is 0 Å². The maximum atomic E-state index is 12.2. The van der Waals surface area contributed by atoms with Crippen molar-refractivity contribution in [3.8, 4) is 5.75 Å². The van der Waals surface area contributed by atoms with E-state index in [0.29, 0.717) is 24.1 Å². The van der Waals surface area contributed by atoms with Gasteiger partial charge in [0.15, 0.2) is 0 Å². The Balaban J connectivity index is 1.43. The number of hydrogen-bond donors (Lipinski definition) is 2. The van der Waals surface area contributed by atoms with E-state index in [1.165, 1.54) is 12.1 Å². The highest BCUT2D eigenvalue weighted by Gasteiger charge is 2.31. The molecule has 1 aliphatic heterocycles. The molecule has 1 heterocycles. The van der Waals surface area contributed by atoms with Crippen LogP contribution in [-0.2, 0) is 16.1 Å². The number of nitrogens with zero attached hydrogens (tertiary/aromatic N) is 1. The average Bonchev–Trinajstić information content (AvgIpc) is 3.16. The quantitative estimate of drug-likeness (QED) is 0.700. The fourth-order valence-electron chi connectivity index (χ4n) is 3.05. The van der Waals surface area contributed by atoms with Crippen molar-refractivity contribution >= 4 is 23.4 Å². The molecule has 2 aromatic rings. The van der Waals surface area contributed by atoms with Crippen LogP contribution in [0.15, 0.2) is 48.5 Å². The molecule has 0 aromatic heterocycles. The van der Waals surface area contributed by atoms with Gasteiger partial charge in [0.2, 0.25) is 11.8 Å². The van der Waals surface area contributed by atoms with Crippen LogP contribution >= 0.6 is 0 Å². The molecule has 3 rings (SSSR count). The predicted octanol–water partition coefficient (Wildman–Crippen LogP) is 2.76. The van der Waals surface area contributed by atoms with Crippen molar-refractivity contribution < 1.29 is 32.3 Å². The van der Waals surface area contributed by atoms with Crippen LogP contribution in [-0.4, -0.2) is 37.2 Å². The van der Waals surface area contributed by atoms with Crippen molar-refractivity contribution in [2.75, 3.05) is 18.0 Å². The Bertz CT molecular complexity index is 944. The Kier molecular flexibility index (Phi) is 6.78. The minimum absolute atomic E-state index is 0.0522. The largest absolute Gasteiger partial charge is 0.573 e. The summed E-state index contributed by atoms with van der Waals surface area (Å²) in [5.41, 5.74) is 1.65. The number of alkyl halides is 3. The van der Waals surface area contributed by atoms with Gasteiger partial charge in [-0.15, -0.1) is 13.2 Å². The first kappa shape index (κ1) is 22.1. The molecule has 164 valence electrons. The molecule has 2 N–H and O–H groups in total. The fourth-order valence-corrected chi connectivity index (χ4v) is 3.05. The second-order valence-corrected chi connectivity index (χ2v) is 6.85. The third-order valence-corrected chi connectivity index (χ3v) is 4.57. The second-order valence-electron chi connectivity index (χ2n) is 6.85. The number of carbonyl (C=O) groups is 3. The van der Waals surface area contributed by atoms with Gasteiger partial charge in [0.05, 0.1) is 6.54 Å². The summed E-state index contributed by atoms with van der Waals surface area (Å²) in [5, 5.41) is 5.05. The molecule has 0 saturated carbocycles. The predicted molar refractivity (Wildman–Crippen MR) is 105 cm³/mol. The first-order chi connectivity index (χ1) is 14.7. The number of halogens is 3. The van der Waals surface area contributed by atoms with Crippen molar-refractivity contribution in [3.05, 3.63) is 59.7 Å². The van der Waals surface area contributed by atoms with Crippen LogP contribution in [0.25, 0.3) is 0 Å². The highest BCUT2D eigenvalue weighted by Crippen LogP contribution is 2.23. The van der Waals surface area contributed by atoms with E-state index in [1.807, 2.05) is 0 Å². The minimum atomic E-state index is -4.76. The van der Waals surface area contributed by atoms with Crippen molar-refractivity contribution in [2.24, 2.45) is 0 Å². The zero-order valence-electron chi connectivity index (χ0n) is 16.4. The number of carbonyl (C=O) groups excluding carboxylic acids is 3. The first-order valence-corrected chi connectivity index (χ1v) is 9.51. The Labute approximate surface area is 176 Å². The van der Waals surface area contributed by atoms with Gasteiger partial charge in [0.25, 0.3) is 5.91 Å². The molecule has 0 spiro atoms.